The Morgan fingerprint density at radius 3 is 1.97 bits per heavy atom. The molecule has 3 amide bonds. The second-order valence-corrected chi connectivity index (χ2v) is 7.97. The van der Waals surface area contributed by atoms with Gasteiger partial charge in [-0.3, -0.25) is 19.2 Å². The van der Waals surface area contributed by atoms with Gasteiger partial charge in [0.25, 0.3) is 0 Å². The monoisotopic (exact) mass is 465 g/mol. The van der Waals surface area contributed by atoms with Crippen molar-refractivity contribution in [2.45, 2.75) is 64.6 Å². The maximum atomic E-state index is 12.8. The first-order chi connectivity index (χ1) is 15.4. The molecule has 0 fully saturated rings. The van der Waals surface area contributed by atoms with Gasteiger partial charge in [-0.25, -0.2) is 4.79 Å². The Morgan fingerprint density at radius 1 is 0.879 bits per heavy atom. The van der Waals surface area contributed by atoms with Crippen LogP contribution in [0.25, 0.3) is 0 Å². The molecule has 0 unspecified atom stereocenters. The Hall–Kier alpha value is -3.63. The van der Waals surface area contributed by atoms with Crippen LogP contribution in [-0.4, -0.2) is 63.1 Å². The van der Waals surface area contributed by atoms with Gasteiger partial charge in [0.15, 0.2) is 0 Å². The van der Waals surface area contributed by atoms with Gasteiger partial charge in [0.1, 0.15) is 23.9 Å². The van der Waals surface area contributed by atoms with Gasteiger partial charge in [0.05, 0.1) is 6.42 Å². The van der Waals surface area contributed by atoms with E-state index in [4.69, 9.17) is 5.11 Å². The van der Waals surface area contributed by atoms with E-state index < -0.39 is 60.1 Å². The molecule has 0 aliphatic carbocycles. The Balaban J connectivity index is 2.94. The molecule has 3 atom stereocenters. The molecule has 11 nitrogen and oxygen atoms in total. The van der Waals surface area contributed by atoms with Crippen LogP contribution in [0.2, 0.25) is 0 Å². The number of phenolic OH excluding ortho intramolecular Hbond substituents is 1. The lowest BCUT2D eigenvalue weighted by Crippen LogP contribution is -2.58. The molecule has 0 saturated heterocycles. The number of aliphatic carboxylic acids is 2. The van der Waals surface area contributed by atoms with Crippen LogP contribution in [0.4, 0.5) is 0 Å². The lowest BCUT2D eigenvalue weighted by atomic mass is 10.0. The predicted molar refractivity (Wildman–Crippen MR) is 117 cm³/mol. The fourth-order valence-corrected chi connectivity index (χ4v) is 3.00. The largest absolute Gasteiger partial charge is 0.508 e. The van der Waals surface area contributed by atoms with Gasteiger partial charge in [0.2, 0.25) is 17.7 Å². The number of rotatable bonds is 13. The summed E-state index contributed by atoms with van der Waals surface area (Å²) in [6.45, 7) is 5.01. The van der Waals surface area contributed by atoms with E-state index in [1.165, 1.54) is 24.3 Å². The Labute approximate surface area is 191 Å². The Morgan fingerprint density at radius 2 is 1.48 bits per heavy atom. The number of carboxylic acid groups (broad SMARTS) is 2. The fourth-order valence-electron chi connectivity index (χ4n) is 3.00. The predicted octanol–water partition coefficient (Wildman–Crippen LogP) is 0.405. The third kappa shape index (κ3) is 9.58. The number of aromatic hydroxyl groups is 1. The normalized spacial score (nSPS) is 13.5. The number of amides is 3. The molecule has 1 aromatic carbocycles. The molecule has 1 aromatic rings. The van der Waals surface area contributed by atoms with Gasteiger partial charge in [-0.2, -0.15) is 0 Å². The van der Waals surface area contributed by atoms with Crippen molar-refractivity contribution in [1.29, 1.82) is 0 Å². The van der Waals surface area contributed by atoms with Crippen molar-refractivity contribution in [1.82, 2.24) is 16.0 Å². The highest BCUT2D eigenvalue weighted by molar-refractivity contribution is 5.95. The molecule has 0 aromatic heterocycles. The zero-order chi connectivity index (χ0) is 25.1. The second-order valence-electron chi connectivity index (χ2n) is 7.97. The summed E-state index contributed by atoms with van der Waals surface area (Å²) < 4.78 is 0. The molecular weight excluding hydrogens is 434 g/mol. The SMILES string of the molecule is CCCC(=O)N[C@@H](CC(=O)O)C(=O)N[C@H](C(=O)N[C@@H](Cc1ccc(O)cc1)C(=O)O)C(C)C. The third-order valence-corrected chi connectivity index (χ3v) is 4.75. The van der Waals surface area contributed by atoms with Crippen LogP contribution < -0.4 is 16.0 Å². The summed E-state index contributed by atoms with van der Waals surface area (Å²) in [4.78, 5) is 60.2. The molecule has 182 valence electrons. The van der Waals surface area contributed by atoms with Crippen LogP contribution in [0.1, 0.15) is 45.6 Å². The fraction of sp³-hybridized carbons (Fsp3) is 0.500. The zero-order valence-corrected chi connectivity index (χ0v) is 18.8. The summed E-state index contributed by atoms with van der Waals surface area (Å²) in [5.74, 6) is -5.17. The number of phenols is 1. The maximum Gasteiger partial charge on any atom is 0.326 e. The number of carbonyl (C=O) groups is 5. The summed E-state index contributed by atoms with van der Waals surface area (Å²) in [6, 6.07) is 1.97. The van der Waals surface area contributed by atoms with Crippen molar-refractivity contribution < 1.29 is 39.3 Å². The first kappa shape index (κ1) is 27.4. The quantitative estimate of drug-likeness (QED) is 0.242. The van der Waals surface area contributed by atoms with Crippen LogP contribution in [-0.2, 0) is 30.4 Å². The maximum absolute atomic E-state index is 12.8. The van der Waals surface area contributed by atoms with Crippen LogP contribution >= 0.6 is 0 Å². The van der Waals surface area contributed by atoms with Gasteiger partial charge in [-0.1, -0.05) is 32.9 Å². The smallest absolute Gasteiger partial charge is 0.326 e. The molecule has 0 radical (unpaired) electrons. The number of nitrogens with one attached hydrogen (secondary N) is 3. The molecule has 0 aliphatic heterocycles. The standard InChI is InChI=1S/C22H31N3O8/c1-4-5-17(27)23-15(11-18(28)29)20(30)25-19(12(2)3)21(31)24-16(22(32)33)10-13-6-8-14(26)9-7-13/h6-9,12,15-16,19,26H,4-5,10-11H2,1-3H3,(H,23,27)(H,24,31)(H,25,30)(H,28,29)(H,32,33)/t15-,16-,19-/m0/s1. The Bertz CT molecular complexity index is 854. The first-order valence-corrected chi connectivity index (χ1v) is 10.6. The van der Waals surface area contributed by atoms with E-state index >= 15 is 0 Å². The summed E-state index contributed by atoms with van der Waals surface area (Å²) in [5, 5.41) is 35.1. The van der Waals surface area contributed by atoms with E-state index in [-0.39, 0.29) is 18.6 Å². The summed E-state index contributed by atoms with van der Waals surface area (Å²) in [6.07, 6.45) is -0.127. The van der Waals surface area contributed by atoms with Gasteiger partial charge >= 0.3 is 11.9 Å². The van der Waals surface area contributed by atoms with Crippen molar-refractivity contribution in [3.63, 3.8) is 0 Å². The lowest BCUT2D eigenvalue weighted by Gasteiger charge is -2.26. The summed E-state index contributed by atoms with van der Waals surface area (Å²) in [5.41, 5.74) is 0.561. The second kappa shape index (κ2) is 13.0. The highest BCUT2D eigenvalue weighted by Gasteiger charge is 2.32. The Kier molecular flexibility index (Phi) is 10.8. The minimum absolute atomic E-state index is 0.0131. The molecule has 1 rings (SSSR count). The minimum atomic E-state index is -1.39. The number of carboxylic acids is 2. The number of carbonyl (C=O) groups excluding carboxylic acids is 3. The first-order valence-electron chi connectivity index (χ1n) is 10.6. The molecule has 0 aliphatic rings. The van der Waals surface area contributed by atoms with Gasteiger partial charge in [-0.15, -0.1) is 0 Å². The molecular formula is C22H31N3O8. The highest BCUT2D eigenvalue weighted by atomic mass is 16.4. The van der Waals surface area contributed by atoms with Gasteiger partial charge < -0.3 is 31.3 Å². The van der Waals surface area contributed by atoms with Crippen LogP contribution in [0.3, 0.4) is 0 Å². The van der Waals surface area contributed by atoms with E-state index in [1.54, 1.807) is 20.8 Å². The molecule has 33 heavy (non-hydrogen) atoms. The van der Waals surface area contributed by atoms with Crippen molar-refractivity contribution in [2.24, 2.45) is 5.92 Å². The molecule has 0 heterocycles. The van der Waals surface area contributed by atoms with E-state index in [1.807, 2.05) is 0 Å². The zero-order valence-electron chi connectivity index (χ0n) is 18.8. The lowest BCUT2D eigenvalue weighted by molar-refractivity contribution is -0.143. The average Bonchev–Trinajstić information content (AvgIpc) is 2.71. The van der Waals surface area contributed by atoms with Crippen molar-refractivity contribution >= 4 is 29.7 Å². The van der Waals surface area contributed by atoms with Gasteiger partial charge in [0, 0.05) is 12.8 Å². The van der Waals surface area contributed by atoms with Crippen LogP contribution in [0, 0.1) is 5.92 Å². The molecule has 6 N–H and O–H groups in total. The molecule has 0 spiro atoms. The summed E-state index contributed by atoms with van der Waals surface area (Å²) >= 11 is 0. The molecule has 0 saturated carbocycles. The number of benzene rings is 1. The number of hydrogen-bond acceptors (Lipinski definition) is 6. The van der Waals surface area contributed by atoms with E-state index in [9.17, 15) is 34.2 Å². The van der Waals surface area contributed by atoms with Crippen LogP contribution in [0.15, 0.2) is 24.3 Å². The van der Waals surface area contributed by atoms with Gasteiger partial charge in [-0.05, 0) is 30.0 Å². The molecule has 0 bridgehead atoms. The molecule has 11 heteroatoms. The van der Waals surface area contributed by atoms with Crippen LogP contribution in [0.5, 0.6) is 5.75 Å². The topological polar surface area (TPSA) is 182 Å². The van der Waals surface area contributed by atoms with E-state index in [2.05, 4.69) is 16.0 Å². The average molecular weight is 466 g/mol. The minimum Gasteiger partial charge on any atom is -0.508 e. The van der Waals surface area contributed by atoms with Crippen molar-refractivity contribution in [2.75, 3.05) is 0 Å². The highest BCUT2D eigenvalue weighted by Crippen LogP contribution is 2.12. The van der Waals surface area contributed by atoms with Crippen molar-refractivity contribution in [3.05, 3.63) is 29.8 Å². The summed E-state index contributed by atoms with van der Waals surface area (Å²) in [7, 11) is 0. The third-order valence-electron chi connectivity index (χ3n) is 4.75. The van der Waals surface area contributed by atoms with E-state index in [0.29, 0.717) is 12.0 Å². The number of hydrogen-bond donors (Lipinski definition) is 6. The van der Waals surface area contributed by atoms with E-state index in [0.717, 1.165) is 0 Å². The van der Waals surface area contributed by atoms with Crippen molar-refractivity contribution in [3.8, 4) is 5.75 Å².